The van der Waals surface area contributed by atoms with Gasteiger partial charge in [-0.1, -0.05) is 0 Å². The molecule has 0 bridgehead atoms. The molecule has 0 saturated heterocycles. The van der Waals surface area contributed by atoms with Crippen LogP contribution in [0.2, 0.25) is 0 Å². The summed E-state index contributed by atoms with van der Waals surface area (Å²) in [7, 11) is 0. The van der Waals surface area contributed by atoms with Crippen LogP contribution >= 0.6 is 0 Å². The van der Waals surface area contributed by atoms with Crippen LogP contribution in [0.5, 0.6) is 0 Å². The number of ketones is 1. The third kappa shape index (κ3) is 28.3. The lowest BCUT2D eigenvalue weighted by Gasteiger charge is -2.21. The van der Waals surface area contributed by atoms with Crippen molar-refractivity contribution in [1.29, 1.82) is 0 Å². The van der Waals surface area contributed by atoms with E-state index in [0.29, 0.717) is 0 Å². The highest BCUT2D eigenvalue weighted by Crippen LogP contribution is 2.07. The van der Waals surface area contributed by atoms with E-state index in [1.54, 1.807) is 48.5 Å². The van der Waals surface area contributed by atoms with Gasteiger partial charge in [0.15, 0.2) is 5.78 Å². The number of alkyl carbamates (subject to hydrolysis) is 2. The van der Waals surface area contributed by atoms with Gasteiger partial charge in [-0.15, -0.1) is 0 Å². The first-order valence-corrected chi connectivity index (χ1v) is 11.3. The summed E-state index contributed by atoms with van der Waals surface area (Å²) in [6.07, 6.45) is -2.57. The van der Waals surface area contributed by atoms with Gasteiger partial charge in [0.25, 0.3) is 0 Å². The van der Waals surface area contributed by atoms with Gasteiger partial charge in [-0.2, -0.15) is 0 Å². The Morgan fingerprint density at radius 3 is 1.32 bits per heavy atom. The van der Waals surface area contributed by atoms with Gasteiger partial charge < -0.3 is 40.2 Å². The lowest BCUT2D eigenvalue weighted by molar-refractivity contribution is -0.148. The van der Waals surface area contributed by atoms with Crippen LogP contribution in [0.1, 0.15) is 75.2 Å². The standard InChI is InChI=1S/C12H21NO5.C8H15NO4.C3H4O4/c1-6-17-10(15)7-9(14)8(2)13-11(16)18-12(3,4)5;1-5(6(10)11)9-7(12)13-8(2,3)4;4-2(5)1-3(6)7/h8H,6-7H2,1-5H3,(H,13,16);5H,1-4H3,(H,9,12)(H,10,11);1H2,(H,4,5)(H,6,7)/t8-;5-;/m00./s1. The molecule has 38 heavy (non-hydrogen) atoms. The molecule has 0 aliphatic carbocycles. The SMILES string of the molecule is CCOC(=O)CC(=O)[C@H](C)NC(=O)OC(C)(C)C.C[C@H](NC(=O)OC(C)(C)C)C(=O)O.O=C(O)CC(=O)O. The molecule has 15 heteroatoms. The average molecular weight is 553 g/mol. The van der Waals surface area contributed by atoms with E-state index in [0.717, 1.165) is 0 Å². The number of carbonyl (C=O) groups is 7. The molecule has 2 amide bonds. The Bertz CT molecular complexity index is 814. The summed E-state index contributed by atoms with van der Waals surface area (Å²) in [6.45, 7) is 15.0. The van der Waals surface area contributed by atoms with Gasteiger partial charge in [-0.05, 0) is 62.3 Å². The zero-order chi connectivity index (χ0) is 30.9. The lowest BCUT2D eigenvalue weighted by atomic mass is 10.1. The topological polar surface area (TPSA) is 232 Å². The number of Topliss-reactive ketones (excluding diaryl/α,β-unsaturated/α-hetero) is 1. The van der Waals surface area contributed by atoms with Crippen LogP contribution in [-0.4, -0.2) is 87.1 Å². The van der Waals surface area contributed by atoms with Gasteiger partial charge in [0.05, 0.1) is 12.6 Å². The van der Waals surface area contributed by atoms with Crippen molar-refractivity contribution in [1.82, 2.24) is 10.6 Å². The highest BCUT2D eigenvalue weighted by molar-refractivity contribution is 5.99. The summed E-state index contributed by atoms with van der Waals surface area (Å²) in [5.41, 5.74) is -1.24. The summed E-state index contributed by atoms with van der Waals surface area (Å²) in [5, 5.41) is 28.4. The predicted molar refractivity (Wildman–Crippen MR) is 131 cm³/mol. The van der Waals surface area contributed by atoms with E-state index in [-0.39, 0.29) is 13.0 Å². The van der Waals surface area contributed by atoms with Gasteiger partial charge in [0.1, 0.15) is 30.1 Å². The molecule has 0 heterocycles. The molecule has 0 rings (SSSR count). The maximum atomic E-state index is 11.6. The minimum atomic E-state index is -1.31. The lowest BCUT2D eigenvalue weighted by Crippen LogP contribution is -2.42. The molecule has 2 atom stereocenters. The first-order valence-electron chi connectivity index (χ1n) is 11.3. The third-order valence-electron chi connectivity index (χ3n) is 3.25. The van der Waals surface area contributed by atoms with Crippen LogP contribution in [0, 0.1) is 0 Å². The summed E-state index contributed by atoms with van der Waals surface area (Å²) in [4.78, 5) is 74.2. The van der Waals surface area contributed by atoms with E-state index in [2.05, 4.69) is 15.4 Å². The van der Waals surface area contributed by atoms with Crippen LogP contribution in [0.25, 0.3) is 0 Å². The summed E-state index contributed by atoms with van der Waals surface area (Å²) >= 11 is 0. The quantitative estimate of drug-likeness (QED) is 0.156. The van der Waals surface area contributed by atoms with Crippen molar-refractivity contribution in [3.8, 4) is 0 Å². The second kappa shape index (κ2) is 18.4. The third-order valence-corrected chi connectivity index (χ3v) is 3.25. The Kier molecular flexibility index (Phi) is 18.6. The Morgan fingerprint density at radius 2 is 1.05 bits per heavy atom. The number of ether oxygens (including phenoxy) is 3. The Labute approximate surface area is 221 Å². The predicted octanol–water partition coefficient (Wildman–Crippen LogP) is 1.95. The van der Waals surface area contributed by atoms with E-state index < -0.39 is 71.6 Å². The van der Waals surface area contributed by atoms with E-state index in [1.807, 2.05) is 0 Å². The first kappa shape index (κ1) is 38.6. The molecule has 0 aliphatic rings. The molecule has 0 radical (unpaired) electrons. The fourth-order valence-electron chi connectivity index (χ4n) is 1.75. The smallest absolute Gasteiger partial charge is 0.408 e. The zero-order valence-corrected chi connectivity index (χ0v) is 23.2. The summed E-state index contributed by atoms with van der Waals surface area (Å²) < 4.78 is 14.5. The van der Waals surface area contributed by atoms with E-state index in [9.17, 15) is 33.6 Å². The van der Waals surface area contributed by atoms with Crippen molar-refractivity contribution >= 4 is 41.8 Å². The Balaban J connectivity index is -0.000000533. The molecule has 0 aliphatic heterocycles. The zero-order valence-electron chi connectivity index (χ0n) is 23.2. The molecule has 0 unspecified atom stereocenters. The van der Waals surface area contributed by atoms with Gasteiger partial charge in [0.2, 0.25) is 0 Å². The van der Waals surface area contributed by atoms with Crippen molar-refractivity contribution in [3.05, 3.63) is 0 Å². The van der Waals surface area contributed by atoms with Crippen molar-refractivity contribution in [3.63, 3.8) is 0 Å². The van der Waals surface area contributed by atoms with Crippen LogP contribution in [-0.2, 0) is 38.2 Å². The molecule has 5 N–H and O–H groups in total. The number of aliphatic carboxylic acids is 3. The molecule has 0 spiro atoms. The number of rotatable bonds is 9. The minimum Gasteiger partial charge on any atom is -0.481 e. The van der Waals surface area contributed by atoms with Gasteiger partial charge in [0, 0.05) is 0 Å². The summed E-state index contributed by atoms with van der Waals surface area (Å²) in [5.74, 6) is -4.73. The van der Waals surface area contributed by atoms with E-state index in [4.69, 9.17) is 24.8 Å². The number of carboxylic acids is 3. The molecule has 15 nitrogen and oxygen atoms in total. The molecule has 0 fully saturated rings. The molecule has 0 aromatic rings. The molecular weight excluding hydrogens is 512 g/mol. The minimum absolute atomic E-state index is 0.222. The molecule has 0 saturated carbocycles. The highest BCUT2D eigenvalue weighted by atomic mass is 16.6. The van der Waals surface area contributed by atoms with Crippen LogP contribution in [0.4, 0.5) is 9.59 Å². The Hall–Kier alpha value is -3.91. The number of hydrogen-bond donors (Lipinski definition) is 5. The van der Waals surface area contributed by atoms with Crippen molar-refractivity contribution < 1.29 is 63.1 Å². The normalized spacial score (nSPS) is 11.9. The second-order valence-corrected chi connectivity index (χ2v) is 9.49. The number of carbonyl (C=O) groups excluding carboxylic acids is 4. The van der Waals surface area contributed by atoms with Crippen LogP contribution in [0.3, 0.4) is 0 Å². The number of hydrogen-bond acceptors (Lipinski definition) is 10. The van der Waals surface area contributed by atoms with E-state index in [1.165, 1.54) is 13.8 Å². The number of amides is 2. The van der Waals surface area contributed by atoms with Crippen molar-refractivity contribution in [2.24, 2.45) is 0 Å². The van der Waals surface area contributed by atoms with Crippen molar-refractivity contribution in [2.75, 3.05) is 6.61 Å². The molecule has 220 valence electrons. The van der Waals surface area contributed by atoms with Crippen LogP contribution in [0.15, 0.2) is 0 Å². The number of carboxylic acid groups (broad SMARTS) is 3. The fraction of sp³-hybridized carbons (Fsp3) is 0.696. The average Bonchev–Trinajstić information content (AvgIpc) is 2.64. The molecule has 0 aromatic heterocycles. The molecular formula is C23H40N2O13. The van der Waals surface area contributed by atoms with Gasteiger partial charge >= 0.3 is 36.1 Å². The van der Waals surface area contributed by atoms with Gasteiger partial charge in [-0.3, -0.25) is 24.0 Å². The van der Waals surface area contributed by atoms with Crippen molar-refractivity contribution in [2.45, 2.75) is 98.4 Å². The summed E-state index contributed by atoms with van der Waals surface area (Å²) in [6, 6.07) is -1.72. The van der Waals surface area contributed by atoms with E-state index >= 15 is 0 Å². The number of esters is 1. The fourth-order valence-corrected chi connectivity index (χ4v) is 1.75. The highest BCUT2D eigenvalue weighted by Gasteiger charge is 2.23. The largest absolute Gasteiger partial charge is 0.481 e. The van der Waals surface area contributed by atoms with Gasteiger partial charge in [-0.25, -0.2) is 9.59 Å². The van der Waals surface area contributed by atoms with Crippen LogP contribution < -0.4 is 10.6 Å². The Morgan fingerprint density at radius 1 is 0.684 bits per heavy atom. The second-order valence-electron chi connectivity index (χ2n) is 9.49. The number of nitrogens with one attached hydrogen (secondary N) is 2. The first-order chi connectivity index (χ1) is 17.0. The monoisotopic (exact) mass is 552 g/mol. The maximum Gasteiger partial charge on any atom is 0.408 e. The molecule has 0 aromatic carbocycles. The maximum absolute atomic E-state index is 11.6.